The lowest BCUT2D eigenvalue weighted by Crippen LogP contribution is -2.37. The third-order valence-electron chi connectivity index (χ3n) is 4.28. The first kappa shape index (κ1) is 18.9. The Morgan fingerprint density at radius 1 is 1.15 bits per heavy atom. The van der Waals surface area contributed by atoms with Gasteiger partial charge in [0.05, 0.1) is 28.3 Å². The van der Waals surface area contributed by atoms with Gasteiger partial charge in [-0.25, -0.2) is 4.98 Å². The molecule has 0 fully saturated rings. The third kappa shape index (κ3) is 4.66. The molecule has 0 N–H and O–H groups in total. The standard InChI is InChI=1S/C22H21N3OS/c1-16-8-11-19(12-9-16)25(15-5-14-23)22(26)17(2)27-21-13-10-18-6-3-4-7-20(18)24-21/h3-4,6-13,17H,5,15H2,1-2H3. The molecule has 0 saturated carbocycles. The number of nitriles is 1. The Hall–Kier alpha value is -2.84. The van der Waals surface area contributed by atoms with Crippen molar-refractivity contribution in [2.45, 2.75) is 30.5 Å². The number of nitrogens with zero attached hydrogens (tertiary/aromatic N) is 3. The molecule has 1 unspecified atom stereocenters. The summed E-state index contributed by atoms with van der Waals surface area (Å²) in [6, 6.07) is 21.8. The number of fused-ring (bicyclic) bond motifs is 1. The van der Waals surface area contributed by atoms with Crippen LogP contribution in [0.15, 0.2) is 65.7 Å². The molecule has 0 aliphatic heterocycles. The highest BCUT2D eigenvalue weighted by Gasteiger charge is 2.23. The minimum absolute atomic E-state index is 0.0194. The van der Waals surface area contributed by atoms with E-state index in [9.17, 15) is 4.79 Å². The smallest absolute Gasteiger partial charge is 0.240 e. The number of rotatable bonds is 6. The molecule has 3 aromatic rings. The van der Waals surface area contributed by atoms with Crippen LogP contribution < -0.4 is 4.90 Å². The molecule has 0 radical (unpaired) electrons. The van der Waals surface area contributed by atoms with Crippen LogP contribution in [0, 0.1) is 18.3 Å². The molecule has 3 rings (SSSR count). The molecule has 1 atom stereocenters. The van der Waals surface area contributed by atoms with E-state index in [4.69, 9.17) is 5.26 Å². The van der Waals surface area contributed by atoms with E-state index in [-0.39, 0.29) is 11.2 Å². The van der Waals surface area contributed by atoms with Gasteiger partial charge in [0.15, 0.2) is 0 Å². The summed E-state index contributed by atoms with van der Waals surface area (Å²) in [7, 11) is 0. The Balaban J connectivity index is 1.79. The summed E-state index contributed by atoms with van der Waals surface area (Å²) in [5.74, 6) is -0.0194. The van der Waals surface area contributed by atoms with Gasteiger partial charge in [0.2, 0.25) is 5.91 Å². The molecule has 4 nitrogen and oxygen atoms in total. The molecule has 0 bridgehead atoms. The number of hydrogen-bond acceptors (Lipinski definition) is 4. The van der Waals surface area contributed by atoms with E-state index in [0.29, 0.717) is 13.0 Å². The summed E-state index contributed by atoms with van der Waals surface area (Å²) in [5, 5.41) is 10.6. The van der Waals surface area contributed by atoms with Crippen LogP contribution in [0.2, 0.25) is 0 Å². The lowest BCUT2D eigenvalue weighted by molar-refractivity contribution is -0.117. The van der Waals surface area contributed by atoms with Crippen LogP contribution in [0.3, 0.4) is 0 Å². The number of carbonyl (C=O) groups is 1. The molecule has 5 heteroatoms. The fourth-order valence-corrected chi connectivity index (χ4v) is 3.70. The predicted octanol–water partition coefficient (Wildman–Crippen LogP) is 4.97. The van der Waals surface area contributed by atoms with E-state index in [2.05, 4.69) is 11.1 Å². The first-order valence-corrected chi connectivity index (χ1v) is 9.74. The molecule has 0 spiro atoms. The summed E-state index contributed by atoms with van der Waals surface area (Å²) in [5.41, 5.74) is 2.87. The molecular weight excluding hydrogens is 354 g/mol. The summed E-state index contributed by atoms with van der Waals surface area (Å²) in [6.07, 6.45) is 0.297. The quantitative estimate of drug-likeness (QED) is 0.571. The number of thioether (sulfide) groups is 1. The number of aryl methyl sites for hydroxylation is 1. The van der Waals surface area contributed by atoms with E-state index in [0.717, 1.165) is 27.2 Å². The average Bonchev–Trinajstić information content (AvgIpc) is 2.69. The van der Waals surface area contributed by atoms with Crippen LogP contribution in [0.4, 0.5) is 5.69 Å². The highest BCUT2D eigenvalue weighted by Crippen LogP contribution is 2.27. The second-order valence-corrected chi connectivity index (χ2v) is 7.70. The van der Waals surface area contributed by atoms with Crippen molar-refractivity contribution in [3.8, 4) is 6.07 Å². The summed E-state index contributed by atoms with van der Waals surface area (Å²) < 4.78 is 0. The largest absolute Gasteiger partial charge is 0.310 e. The van der Waals surface area contributed by atoms with E-state index >= 15 is 0 Å². The van der Waals surface area contributed by atoms with Crippen molar-refractivity contribution >= 4 is 34.3 Å². The van der Waals surface area contributed by atoms with Gasteiger partial charge in [-0.1, -0.05) is 53.7 Å². The molecule has 27 heavy (non-hydrogen) atoms. The van der Waals surface area contributed by atoms with Crippen molar-refractivity contribution in [1.29, 1.82) is 5.26 Å². The number of benzene rings is 2. The first-order valence-electron chi connectivity index (χ1n) is 8.86. The number of pyridine rings is 1. The number of hydrogen-bond donors (Lipinski definition) is 0. The molecule has 136 valence electrons. The van der Waals surface area contributed by atoms with E-state index in [1.165, 1.54) is 11.8 Å². The first-order chi connectivity index (χ1) is 13.1. The minimum Gasteiger partial charge on any atom is -0.310 e. The maximum atomic E-state index is 13.1. The predicted molar refractivity (Wildman–Crippen MR) is 111 cm³/mol. The van der Waals surface area contributed by atoms with Crippen LogP contribution in [0.1, 0.15) is 18.9 Å². The second kappa shape index (κ2) is 8.70. The number of para-hydroxylation sites is 1. The van der Waals surface area contributed by atoms with Crippen molar-refractivity contribution < 1.29 is 4.79 Å². The van der Waals surface area contributed by atoms with Crippen LogP contribution in [0.5, 0.6) is 0 Å². The Bertz CT molecular complexity index is 979. The van der Waals surface area contributed by atoms with Gasteiger partial charge in [-0.05, 0) is 38.1 Å². The topological polar surface area (TPSA) is 57.0 Å². The van der Waals surface area contributed by atoms with E-state index in [1.54, 1.807) is 4.90 Å². The van der Waals surface area contributed by atoms with E-state index < -0.39 is 0 Å². The Morgan fingerprint density at radius 2 is 1.89 bits per heavy atom. The third-order valence-corrected chi connectivity index (χ3v) is 5.30. The fourth-order valence-electron chi connectivity index (χ4n) is 2.82. The minimum atomic E-state index is -0.307. The Morgan fingerprint density at radius 3 is 2.63 bits per heavy atom. The maximum Gasteiger partial charge on any atom is 0.240 e. The van der Waals surface area contributed by atoms with Gasteiger partial charge >= 0.3 is 0 Å². The van der Waals surface area contributed by atoms with Crippen LogP contribution >= 0.6 is 11.8 Å². The number of aromatic nitrogens is 1. The van der Waals surface area contributed by atoms with Crippen LogP contribution in [-0.2, 0) is 4.79 Å². The van der Waals surface area contributed by atoms with Gasteiger partial charge in [0.25, 0.3) is 0 Å². The number of amides is 1. The van der Waals surface area contributed by atoms with Crippen molar-refractivity contribution in [3.05, 3.63) is 66.2 Å². The van der Waals surface area contributed by atoms with E-state index in [1.807, 2.05) is 74.5 Å². The van der Waals surface area contributed by atoms with Crippen molar-refractivity contribution in [2.75, 3.05) is 11.4 Å². The lowest BCUT2D eigenvalue weighted by atomic mass is 10.2. The molecule has 0 aliphatic carbocycles. The monoisotopic (exact) mass is 375 g/mol. The Kier molecular flexibility index (Phi) is 6.10. The van der Waals surface area contributed by atoms with Gasteiger partial charge < -0.3 is 4.90 Å². The molecule has 1 heterocycles. The zero-order chi connectivity index (χ0) is 19.2. The average molecular weight is 375 g/mol. The zero-order valence-corrected chi connectivity index (χ0v) is 16.2. The Labute approximate surface area is 163 Å². The number of anilines is 1. The van der Waals surface area contributed by atoms with Gasteiger partial charge in [-0.15, -0.1) is 0 Å². The highest BCUT2D eigenvalue weighted by molar-refractivity contribution is 8.00. The zero-order valence-electron chi connectivity index (χ0n) is 15.4. The summed E-state index contributed by atoms with van der Waals surface area (Å²) in [6.45, 7) is 4.28. The van der Waals surface area contributed by atoms with Crippen LogP contribution in [-0.4, -0.2) is 22.7 Å². The SMILES string of the molecule is Cc1ccc(N(CCC#N)C(=O)C(C)Sc2ccc3ccccc3n2)cc1. The van der Waals surface area contributed by atoms with Gasteiger partial charge in [-0.3, -0.25) is 4.79 Å². The highest BCUT2D eigenvalue weighted by atomic mass is 32.2. The number of carbonyl (C=O) groups excluding carboxylic acids is 1. The van der Waals surface area contributed by atoms with Gasteiger partial charge in [0.1, 0.15) is 0 Å². The summed E-state index contributed by atoms with van der Waals surface area (Å²) in [4.78, 5) is 19.4. The van der Waals surface area contributed by atoms with Crippen molar-refractivity contribution in [1.82, 2.24) is 4.98 Å². The molecular formula is C22H21N3OS. The maximum absolute atomic E-state index is 13.1. The molecule has 1 amide bonds. The van der Waals surface area contributed by atoms with Crippen molar-refractivity contribution in [2.24, 2.45) is 0 Å². The summed E-state index contributed by atoms with van der Waals surface area (Å²) >= 11 is 1.44. The molecule has 2 aromatic carbocycles. The molecule has 0 aliphatic rings. The molecule has 1 aromatic heterocycles. The molecule has 0 saturated heterocycles. The van der Waals surface area contributed by atoms with Gasteiger partial charge in [-0.2, -0.15) is 5.26 Å². The lowest BCUT2D eigenvalue weighted by Gasteiger charge is -2.25. The van der Waals surface area contributed by atoms with Crippen LogP contribution in [0.25, 0.3) is 10.9 Å². The normalized spacial score (nSPS) is 11.7. The van der Waals surface area contributed by atoms with Gasteiger partial charge in [0, 0.05) is 17.6 Å². The second-order valence-electron chi connectivity index (χ2n) is 6.34. The fraction of sp³-hybridized carbons (Fsp3) is 0.227. The van der Waals surface area contributed by atoms with Crippen molar-refractivity contribution in [3.63, 3.8) is 0 Å².